The summed E-state index contributed by atoms with van der Waals surface area (Å²) in [4.78, 5) is 5.40. The van der Waals surface area contributed by atoms with Gasteiger partial charge in [0.2, 0.25) is 5.88 Å². The van der Waals surface area contributed by atoms with E-state index in [0.717, 1.165) is 25.0 Å². The number of halogens is 5. The highest BCUT2D eigenvalue weighted by atomic mass is 35.5. The third-order valence-corrected chi connectivity index (χ3v) is 5.95. The van der Waals surface area contributed by atoms with Crippen LogP contribution in [0.25, 0.3) is 0 Å². The van der Waals surface area contributed by atoms with E-state index in [4.69, 9.17) is 65.5 Å². The lowest BCUT2D eigenvalue weighted by Crippen LogP contribution is -2.01. The van der Waals surface area contributed by atoms with Gasteiger partial charge in [-0.2, -0.15) is 5.10 Å². The summed E-state index contributed by atoms with van der Waals surface area (Å²) < 4.78 is 32.0. The van der Waals surface area contributed by atoms with Crippen molar-refractivity contribution in [3.8, 4) is 23.1 Å². The average Bonchev–Trinajstić information content (AvgIpc) is 3.12. The van der Waals surface area contributed by atoms with Gasteiger partial charge >= 0.3 is 0 Å². The zero-order chi connectivity index (χ0) is 27.5. The highest BCUT2D eigenvalue weighted by Crippen LogP contribution is 2.37. The number of hydrogen-bond donors (Lipinski definition) is 0. The van der Waals surface area contributed by atoms with Gasteiger partial charge < -0.3 is 19.0 Å². The van der Waals surface area contributed by atoms with E-state index in [1.165, 1.54) is 18.2 Å². The molecular weight excluding hydrogens is 579 g/mol. The molecule has 0 atom stereocenters. The van der Waals surface area contributed by atoms with Gasteiger partial charge in [0.05, 0.1) is 34.1 Å². The van der Waals surface area contributed by atoms with Crippen molar-refractivity contribution in [2.45, 2.75) is 26.2 Å². The molecule has 0 N–H and O–H groups in total. The second kappa shape index (κ2) is 15.1. The third-order valence-electron chi connectivity index (χ3n) is 5.08. The van der Waals surface area contributed by atoms with Gasteiger partial charge in [-0.1, -0.05) is 51.6 Å². The Morgan fingerprint density at radius 3 is 2.37 bits per heavy atom. The molecule has 0 aliphatic heterocycles. The number of hydrogen-bond acceptors (Lipinski definition) is 6. The van der Waals surface area contributed by atoms with E-state index >= 15 is 0 Å². The van der Waals surface area contributed by atoms with Gasteiger partial charge in [0.15, 0.2) is 5.75 Å². The summed E-state index contributed by atoms with van der Waals surface area (Å²) in [6, 6.07) is 8.98. The van der Waals surface area contributed by atoms with Crippen LogP contribution in [-0.4, -0.2) is 35.8 Å². The minimum Gasteiger partial charge on any atom is -0.490 e. The van der Waals surface area contributed by atoms with E-state index in [1.54, 1.807) is 42.2 Å². The van der Waals surface area contributed by atoms with Crippen molar-refractivity contribution in [1.29, 1.82) is 0 Å². The fraction of sp³-hybridized carbons (Fsp3) is 0.308. The van der Waals surface area contributed by atoms with Gasteiger partial charge in [0.1, 0.15) is 35.0 Å². The number of ether oxygens (including phenoxy) is 3. The van der Waals surface area contributed by atoms with E-state index in [1.807, 2.05) is 6.92 Å². The van der Waals surface area contributed by atoms with Gasteiger partial charge in [-0.3, -0.25) is 0 Å². The molecule has 0 aliphatic carbocycles. The predicted molar refractivity (Wildman–Crippen MR) is 149 cm³/mol. The predicted octanol–water partition coefficient (Wildman–Crippen LogP) is 8.26. The van der Waals surface area contributed by atoms with Gasteiger partial charge in [-0.15, -0.1) is 0 Å². The second-order valence-corrected chi connectivity index (χ2v) is 9.80. The largest absolute Gasteiger partial charge is 0.490 e. The van der Waals surface area contributed by atoms with Crippen LogP contribution < -0.4 is 14.2 Å². The maximum atomic E-state index is 13.2. The molecule has 38 heavy (non-hydrogen) atoms. The summed E-state index contributed by atoms with van der Waals surface area (Å²) in [7, 11) is 1.76. The van der Waals surface area contributed by atoms with Crippen molar-refractivity contribution < 1.29 is 23.4 Å². The molecule has 7 nitrogen and oxygen atoms in total. The Kier molecular flexibility index (Phi) is 11.9. The Hall–Kier alpha value is -2.65. The normalized spacial score (nSPS) is 11.0. The summed E-state index contributed by atoms with van der Waals surface area (Å²) in [5.41, 5.74) is 1.40. The molecule has 0 saturated heterocycles. The van der Waals surface area contributed by atoms with Crippen molar-refractivity contribution in [2.75, 3.05) is 19.8 Å². The smallest absolute Gasteiger partial charge is 0.226 e. The van der Waals surface area contributed by atoms with Gasteiger partial charge in [0.25, 0.3) is 0 Å². The summed E-state index contributed by atoms with van der Waals surface area (Å²) in [6.45, 7) is 2.89. The molecule has 0 spiro atoms. The van der Waals surface area contributed by atoms with Crippen LogP contribution in [0, 0.1) is 12.7 Å². The van der Waals surface area contributed by atoms with Crippen LogP contribution in [-0.2, 0) is 11.9 Å². The summed E-state index contributed by atoms with van der Waals surface area (Å²) in [6.07, 6.45) is 5.46. The van der Waals surface area contributed by atoms with Crippen LogP contribution in [0.5, 0.6) is 23.1 Å². The summed E-state index contributed by atoms with van der Waals surface area (Å²) >= 11 is 23.7. The first kappa shape index (κ1) is 29.9. The Morgan fingerprint density at radius 1 is 1.00 bits per heavy atom. The number of aromatic nitrogens is 2. The highest BCUT2D eigenvalue weighted by molar-refractivity contribution is 6.55. The number of benzene rings is 2. The van der Waals surface area contributed by atoms with Crippen molar-refractivity contribution >= 4 is 52.6 Å². The standard InChI is InChI=1S/C26H26Cl4FN3O4/c1-17-21(26(34(2)33-17)38-19-8-6-18(31)7-9-19)16-32-37-12-5-3-4-11-36-25-22(27)14-20(15-23(25)28)35-13-10-24(29)30/h6-10,14-16H,3-5,11-13H2,1-2H3/b32-16+. The molecule has 12 heteroatoms. The van der Waals surface area contributed by atoms with Crippen molar-refractivity contribution in [2.24, 2.45) is 12.2 Å². The van der Waals surface area contributed by atoms with E-state index in [2.05, 4.69) is 10.3 Å². The molecule has 0 aliphatic rings. The van der Waals surface area contributed by atoms with Gasteiger partial charge in [0, 0.05) is 19.2 Å². The lowest BCUT2D eigenvalue weighted by Gasteiger charge is -2.12. The molecule has 0 unspecified atom stereocenters. The molecule has 2 aromatic carbocycles. The molecule has 0 radical (unpaired) electrons. The van der Waals surface area contributed by atoms with E-state index in [9.17, 15) is 4.39 Å². The molecule has 0 fully saturated rings. The molecule has 0 amide bonds. The second-order valence-electron chi connectivity index (χ2n) is 7.98. The lowest BCUT2D eigenvalue weighted by molar-refractivity contribution is 0.140. The highest BCUT2D eigenvalue weighted by Gasteiger charge is 2.14. The maximum Gasteiger partial charge on any atom is 0.226 e. The van der Waals surface area contributed by atoms with Gasteiger partial charge in [-0.05, 0) is 56.5 Å². The molecule has 0 bridgehead atoms. The monoisotopic (exact) mass is 603 g/mol. The van der Waals surface area contributed by atoms with Crippen molar-refractivity contribution in [3.05, 3.63) is 74.1 Å². The molecule has 3 aromatic rings. The van der Waals surface area contributed by atoms with Crippen LogP contribution in [0.2, 0.25) is 10.0 Å². The van der Waals surface area contributed by atoms with Crippen LogP contribution in [0.15, 0.2) is 52.1 Å². The number of rotatable bonds is 14. The minimum atomic E-state index is -0.337. The zero-order valence-corrected chi connectivity index (χ0v) is 23.7. The Balaban J connectivity index is 1.38. The quantitative estimate of drug-likeness (QED) is 0.105. The van der Waals surface area contributed by atoms with E-state index < -0.39 is 0 Å². The first-order valence-electron chi connectivity index (χ1n) is 11.6. The lowest BCUT2D eigenvalue weighted by atomic mass is 10.2. The Labute approximate surface area is 240 Å². The minimum absolute atomic E-state index is 0.116. The number of unbranched alkanes of at least 4 members (excludes halogenated alkanes) is 2. The Morgan fingerprint density at radius 2 is 1.68 bits per heavy atom. The fourth-order valence-electron chi connectivity index (χ4n) is 3.26. The molecule has 1 heterocycles. The van der Waals surface area contributed by atoms with Crippen LogP contribution >= 0.6 is 46.4 Å². The van der Waals surface area contributed by atoms with Crippen LogP contribution in [0.3, 0.4) is 0 Å². The molecule has 1 aromatic heterocycles. The molecule has 204 valence electrons. The van der Waals surface area contributed by atoms with Crippen molar-refractivity contribution in [3.63, 3.8) is 0 Å². The number of aryl methyl sites for hydroxylation is 2. The zero-order valence-electron chi connectivity index (χ0n) is 20.7. The average molecular weight is 605 g/mol. The van der Waals surface area contributed by atoms with E-state index in [-0.39, 0.29) is 16.9 Å². The first-order valence-corrected chi connectivity index (χ1v) is 13.1. The summed E-state index contributed by atoms with van der Waals surface area (Å²) in [5, 5.41) is 9.09. The topological polar surface area (TPSA) is 67.1 Å². The number of oxime groups is 1. The fourth-order valence-corrected chi connectivity index (χ4v) is 3.96. The van der Waals surface area contributed by atoms with E-state index in [0.29, 0.717) is 52.0 Å². The maximum absolute atomic E-state index is 13.2. The Bertz CT molecular complexity index is 1240. The van der Waals surface area contributed by atoms with Crippen molar-refractivity contribution in [1.82, 2.24) is 9.78 Å². The molecular formula is C26H26Cl4FN3O4. The van der Waals surface area contributed by atoms with Gasteiger partial charge in [-0.25, -0.2) is 9.07 Å². The van der Waals surface area contributed by atoms with Crippen LogP contribution in [0.4, 0.5) is 4.39 Å². The number of nitrogens with zero attached hydrogens (tertiary/aromatic N) is 3. The SMILES string of the molecule is Cc1nn(C)c(Oc2ccc(F)cc2)c1/C=N/OCCCCCOc1c(Cl)cc(OCC=C(Cl)Cl)cc1Cl. The molecule has 3 rings (SSSR count). The molecule has 0 saturated carbocycles. The van der Waals surface area contributed by atoms with Crippen LogP contribution in [0.1, 0.15) is 30.5 Å². The third kappa shape index (κ3) is 9.27. The summed E-state index contributed by atoms with van der Waals surface area (Å²) in [5.74, 6) is 1.51. The first-order chi connectivity index (χ1) is 18.2.